The molecule has 0 heterocycles. The molecule has 0 unspecified atom stereocenters. The van der Waals surface area contributed by atoms with Crippen molar-refractivity contribution in [3.8, 4) is 5.75 Å². The molecule has 1 aromatic carbocycles. The molecule has 0 fully saturated rings. The molecule has 5 heteroatoms. The van der Waals surface area contributed by atoms with Crippen molar-refractivity contribution in [2.24, 2.45) is 11.5 Å². The second-order valence-corrected chi connectivity index (χ2v) is 3.43. The normalized spacial score (nSPS) is 10.0. The summed E-state index contributed by atoms with van der Waals surface area (Å²) in [5.74, 6) is -0.0444. The minimum Gasteiger partial charge on any atom is -0.482 e. The number of carbonyl (C=O) groups is 1. The summed E-state index contributed by atoms with van der Waals surface area (Å²) in [6.07, 6.45) is 0.647. The van der Waals surface area contributed by atoms with Crippen LogP contribution in [-0.2, 0) is 11.2 Å². The van der Waals surface area contributed by atoms with Crippen LogP contribution in [0.15, 0.2) is 18.2 Å². The summed E-state index contributed by atoms with van der Waals surface area (Å²) in [5, 5.41) is 0.460. The Morgan fingerprint density at radius 2 is 2.20 bits per heavy atom. The van der Waals surface area contributed by atoms with Gasteiger partial charge in [0.25, 0.3) is 5.91 Å². The number of nitrogens with two attached hydrogens (primary N) is 2. The predicted octanol–water partition coefficient (Wildman–Crippen LogP) is 0.705. The van der Waals surface area contributed by atoms with Crippen molar-refractivity contribution in [2.75, 3.05) is 13.2 Å². The minimum atomic E-state index is -0.534. The maximum Gasteiger partial charge on any atom is 0.255 e. The van der Waals surface area contributed by atoms with Gasteiger partial charge < -0.3 is 16.2 Å². The number of para-hydroxylation sites is 1. The highest BCUT2D eigenvalue weighted by molar-refractivity contribution is 6.32. The summed E-state index contributed by atoms with van der Waals surface area (Å²) in [5.41, 5.74) is 11.3. The number of amides is 1. The Balaban J connectivity index is 2.86. The molecule has 0 aromatic heterocycles. The summed E-state index contributed by atoms with van der Waals surface area (Å²) in [6.45, 7) is 0.314. The van der Waals surface area contributed by atoms with Gasteiger partial charge in [0.2, 0.25) is 0 Å². The number of hydrogen-bond acceptors (Lipinski definition) is 3. The first-order chi connectivity index (χ1) is 7.15. The molecule has 82 valence electrons. The van der Waals surface area contributed by atoms with Gasteiger partial charge in [-0.2, -0.15) is 0 Å². The standard InChI is InChI=1S/C10H13ClN2O2/c11-8-3-1-2-7(4-5-12)10(8)15-6-9(13)14/h1-3H,4-6,12H2,(H2,13,14). The van der Waals surface area contributed by atoms with Gasteiger partial charge in [0.1, 0.15) is 5.75 Å². The van der Waals surface area contributed by atoms with E-state index < -0.39 is 5.91 Å². The quantitative estimate of drug-likeness (QED) is 0.779. The number of benzene rings is 1. The maximum atomic E-state index is 10.6. The maximum absolute atomic E-state index is 10.6. The first-order valence-corrected chi connectivity index (χ1v) is 4.91. The third-order valence-corrected chi connectivity index (χ3v) is 2.12. The molecule has 1 aromatic rings. The van der Waals surface area contributed by atoms with Gasteiger partial charge in [-0.3, -0.25) is 4.79 Å². The highest BCUT2D eigenvalue weighted by Crippen LogP contribution is 2.28. The molecule has 0 bridgehead atoms. The van der Waals surface area contributed by atoms with Crippen molar-refractivity contribution in [3.05, 3.63) is 28.8 Å². The SMILES string of the molecule is NCCc1cccc(Cl)c1OCC(N)=O. The number of ether oxygens (including phenoxy) is 1. The fourth-order valence-electron chi connectivity index (χ4n) is 1.21. The van der Waals surface area contributed by atoms with Gasteiger partial charge in [-0.1, -0.05) is 23.7 Å². The molecule has 15 heavy (non-hydrogen) atoms. The van der Waals surface area contributed by atoms with E-state index in [9.17, 15) is 4.79 Å². The van der Waals surface area contributed by atoms with Gasteiger partial charge in [0.15, 0.2) is 6.61 Å². The van der Waals surface area contributed by atoms with E-state index in [-0.39, 0.29) is 6.61 Å². The van der Waals surface area contributed by atoms with Crippen molar-refractivity contribution < 1.29 is 9.53 Å². The van der Waals surface area contributed by atoms with E-state index in [1.807, 2.05) is 12.1 Å². The van der Waals surface area contributed by atoms with Gasteiger partial charge in [-0.15, -0.1) is 0 Å². The van der Waals surface area contributed by atoms with E-state index in [2.05, 4.69) is 0 Å². The van der Waals surface area contributed by atoms with E-state index in [0.29, 0.717) is 23.7 Å². The second kappa shape index (κ2) is 5.58. The molecule has 1 amide bonds. The van der Waals surface area contributed by atoms with Gasteiger partial charge >= 0.3 is 0 Å². The highest BCUT2D eigenvalue weighted by Gasteiger charge is 2.08. The van der Waals surface area contributed by atoms with Gasteiger partial charge in [0, 0.05) is 0 Å². The Morgan fingerprint density at radius 3 is 2.80 bits per heavy atom. The van der Waals surface area contributed by atoms with Crippen molar-refractivity contribution in [3.63, 3.8) is 0 Å². The zero-order chi connectivity index (χ0) is 11.3. The third-order valence-electron chi connectivity index (χ3n) is 1.82. The smallest absolute Gasteiger partial charge is 0.255 e. The highest BCUT2D eigenvalue weighted by atomic mass is 35.5. The van der Waals surface area contributed by atoms with Crippen LogP contribution in [0.4, 0.5) is 0 Å². The molecule has 4 N–H and O–H groups in total. The van der Waals surface area contributed by atoms with E-state index in [4.69, 9.17) is 27.8 Å². The fraction of sp³-hybridized carbons (Fsp3) is 0.300. The molecule has 0 aliphatic carbocycles. The Hall–Kier alpha value is -1.26. The average molecular weight is 229 g/mol. The Kier molecular flexibility index (Phi) is 4.39. The number of primary amides is 1. The topological polar surface area (TPSA) is 78.3 Å². The Bertz CT molecular complexity index is 355. The van der Waals surface area contributed by atoms with E-state index in [1.54, 1.807) is 6.07 Å². The number of carbonyl (C=O) groups excluding carboxylic acids is 1. The number of rotatable bonds is 5. The van der Waals surface area contributed by atoms with Crippen molar-refractivity contribution >= 4 is 17.5 Å². The van der Waals surface area contributed by atoms with Gasteiger partial charge in [-0.05, 0) is 24.6 Å². The molecule has 0 spiro atoms. The monoisotopic (exact) mass is 228 g/mol. The first kappa shape index (κ1) is 11.8. The Morgan fingerprint density at radius 1 is 1.47 bits per heavy atom. The van der Waals surface area contributed by atoms with Crippen LogP contribution in [0.2, 0.25) is 5.02 Å². The third kappa shape index (κ3) is 3.42. The van der Waals surface area contributed by atoms with Crippen molar-refractivity contribution in [1.82, 2.24) is 0 Å². The predicted molar refractivity (Wildman–Crippen MR) is 58.9 cm³/mol. The molecule has 0 aliphatic heterocycles. The molecule has 1 rings (SSSR count). The molecule has 0 aliphatic rings. The molecule has 4 nitrogen and oxygen atoms in total. The van der Waals surface area contributed by atoms with E-state index in [0.717, 1.165) is 5.56 Å². The number of hydrogen-bond donors (Lipinski definition) is 2. The lowest BCUT2D eigenvalue weighted by molar-refractivity contribution is -0.119. The summed E-state index contributed by atoms with van der Waals surface area (Å²) < 4.78 is 5.22. The molecular formula is C10H13ClN2O2. The van der Waals surface area contributed by atoms with Crippen LogP contribution >= 0.6 is 11.6 Å². The van der Waals surface area contributed by atoms with Crippen molar-refractivity contribution in [1.29, 1.82) is 0 Å². The molecule has 0 saturated heterocycles. The summed E-state index contributed by atoms with van der Waals surface area (Å²) in [7, 11) is 0. The Labute approximate surface area is 93.1 Å². The van der Waals surface area contributed by atoms with Crippen LogP contribution in [0.5, 0.6) is 5.75 Å². The van der Waals surface area contributed by atoms with Crippen molar-refractivity contribution in [2.45, 2.75) is 6.42 Å². The van der Waals surface area contributed by atoms with E-state index in [1.165, 1.54) is 0 Å². The summed E-state index contributed by atoms with van der Waals surface area (Å²) >= 11 is 5.93. The lowest BCUT2D eigenvalue weighted by atomic mass is 10.1. The molecule has 0 saturated carbocycles. The summed E-state index contributed by atoms with van der Waals surface area (Å²) in [4.78, 5) is 10.6. The molecule has 0 atom stereocenters. The van der Waals surface area contributed by atoms with Gasteiger partial charge in [-0.25, -0.2) is 0 Å². The number of halogens is 1. The van der Waals surface area contributed by atoms with Crippen LogP contribution in [0.25, 0.3) is 0 Å². The summed E-state index contributed by atoms with van der Waals surface area (Å²) in [6, 6.07) is 5.36. The minimum absolute atomic E-state index is 0.179. The van der Waals surface area contributed by atoms with E-state index >= 15 is 0 Å². The first-order valence-electron chi connectivity index (χ1n) is 4.53. The molecular weight excluding hydrogens is 216 g/mol. The van der Waals surface area contributed by atoms with Gasteiger partial charge in [0.05, 0.1) is 5.02 Å². The lowest BCUT2D eigenvalue weighted by Crippen LogP contribution is -2.20. The zero-order valence-electron chi connectivity index (χ0n) is 8.20. The lowest BCUT2D eigenvalue weighted by Gasteiger charge is -2.11. The van der Waals surface area contributed by atoms with Crippen LogP contribution in [0, 0.1) is 0 Å². The van der Waals surface area contributed by atoms with Crippen LogP contribution < -0.4 is 16.2 Å². The fourth-order valence-corrected chi connectivity index (χ4v) is 1.46. The largest absolute Gasteiger partial charge is 0.482 e. The average Bonchev–Trinajstić information content (AvgIpc) is 2.17. The molecule has 0 radical (unpaired) electrons. The second-order valence-electron chi connectivity index (χ2n) is 3.02. The van der Waals surface area contributed by atoms with Crippen LogP contribution in [0.1, 0.15) is 5.56 Å². The van der Waals surface area contributed by atoms with Crippen LogP contribution in [-0.4, -0.2) is 19.1 Å². The zero-order valence-corrected chi connectivity index (χ0v) is 8.96. The van der Waals surface area contributed by atoms with Crippen LogP contribution in [0.3, 0.4) is 0 Å².